The summed E-state index contributed by atoms with van der Waals surface area (Å²) in [6.07, 6.45) is -4.67. The Morgan fingerprint density at radius 2 is 2.17 bits per heavy atom. The van der Waals surface area contributed by atoms with Crippen LogP contribution in [0.4, 0.5) is 15.0 Å². The van der Waals surface area contributed by atoms with Crippen molar-refractivity contribution in [3.05, 3.63) is 27.8 Å². The highest BCUT2D eigenvalue weighted by Gasteiger charge is 2.42. The van der Waals surface area contributed by atoms with Gasteiger partial charge in [-0.3, -0.25) is 10.1 Å². The van der Waals surface area contributed by atoms with Gasteiger partial charge in [0.25, 0.3) is 5.56 Å². The molecule has 1 aliphatic heterocycles. The molecule has 0 unspecified atom stereocenters. The van der Waals surface area contributed by atoms with E-state index in [1.54, 1.807) is 6.92 Å². The molecule has 0 aliphatic carbocycles. The van der Waals surface area contributed by atoms with Crippen LogP contribution in [0.15, 0.2) is 10.9 Å². The van der Waals surface area contributed by atoms with Gasteiger partial charge in [0.05, 0.1) is 18.3 Å². The van der Waals surface area contributed by atoms with Gasteiger partial charge in [-0.25, -0.2) is 9.18 Å². The molecule has 8 nitrogen and oxygen atoms in total. The number of halogens is 1. The van der Waals surface area contributed by atoms with Crippen LogP contribution >= 0.6 is 0 Å². The molecule has 23 heavy (non-hydrogen) atoms. The number of aromatic nitrogens is 1. The summed E-state index contributed by atoms with van der Waals surface area (Å²) in [7, 11) is 0. The molecule has 0 saturated carbocycles. The average molecular weight is 330 g/mol. The number of aliphatic hydroxyl groups is 2. The van der Waals surface area contributed by atoms with Crippen LogP contribution in [0.3, 0.4) is 0 Å². The molecule has 9 heteroatoms. The zero-order valence-electron chi connectivity index (χ0n) is 12.7. The lowest BCUT2D eigenvalue weighted by Crippen LogP contribution is -2.31. The Balaban J connectivity index is 2.21. The second-order valence-electron chi connectivity index (χ2n) is 5.28. The Labute approximate surface area is 131 Å². The van der Waals surface area contributed by atoms with E-state index in [1.165, 1.54) is 6.92 Å². The normalized spacial score (nSPS) is 27.0. The summed E-state index contributed by atoms with van der Waals surface area (Å²) in [4.78, 5) is 25.6. The minimum absolute atomic E-state index is 0.160. The first kappa shape index (κ1) is 17.4. The number of hydrogen-bond acceptors (Lipinski definition) is 6. The van der Waals surface area contributed by atoms with Crippen molar-refractivity contribution in [2.24, 2.45) is 0 Å². The van der Waals surface area contributed by atoms with E-state index in [9.17, 15) is 24.2 Å². The molecule has 0 spiro atoms. The average Bonchev–Trinajstić information content (AvgIpc) is 2.76. The molecular formula is C14H19FN2O6. The molecule has 1 aromatic rings. The first-order chi connectivity index (χ1) is 10.8. The van der Waals surface area contributed by atoms with Gasteiger partial charge >= 0.3 is 6.09 Å². The fraction of sp³-hybridized carbons (Fsp3) is 0.571. The molecule has 0 radical (unpaired) electrons. The van der Waals surface area contributed by atoms with Crippen molar-refractivity contribution in [3.8, 4) is 0 Å². The number of nitrogens with one attached hydrogen (secondary N) is 2. The lowest BCUT2D eigenvalue weighted by atomic mass is 10.0. The van der Waals surface area contributed by atoms with Gasteiger partial charge in [-0.05, 0) is 19.4 Å². The molecule has 1 fully saturated rings. The topological polar surface area (TPSA) is 121 Å². The summed E-state index contributed by atoms with van der Waals surface area (Å²) >= 11 is 0. The summed E-state index contributed by atoms with van der Waals surface area (Å²) in [5.41, 5.74) is -0.923. The van der Waals surface area contributed by atoms with E-state index in [-0.39, 0.29) is 12.2 Å². The van der Waals surface area contributed by atoms with E-state index in [1.807, 2.05) is 0 Å². The predicted octanol–water partition coefficient (Wildman–Crippen LogP) is 0.654. The molecule has 0 bridgehead atoms. The molecule has 1 amide bonds. The summed E-state index contributed by atoms with van der Waals surface area (Å²) < 4.78 is 24.1. The predicted molar refractivity (Wildman–Crippen MR) is 77.6 cm³/mol. The zero-order valence-corrected chi connectivity index (χ0v) is 12.7. The summed E-state index contributed by atoms with van der Waals surface area (Å²) in [6, 6.07) is 0.854. The number of amides is 1. The molecule has 1 aliphatic rings. The smallest absolute Gasteiger partial charge is 0.412 e. The number of aliphatic hydroxyl groups excluding tert-OH is 2. The van der Waals surface area contributed by atoms with Crippen LogP contribution in [0.5, 0.6) is 0 Å². The first-order valence-electron chi connectivity index (χ1n) is 7.23. The number of aromatic amines is 1. The minimum atomic E-state index is -1.35. The monoisotopic (exact) mass is 330 g/mol. The Bertz CT molecular complexity index is 634. The highest BCUT2D eigenvalue weighted by atomic mass is 19.1. The number of hydrogen-bond donors (Lipinski definition) is 4. The van der Waals surface area contributed by atoms with Crippen molar-refractivity contribution in [1.29, 1.82) is 0 Å². The van der Waals surface area contributed by atoms with E-state index in [0.29, 0.717) is 6.42 Å². The number of carbonyl (C=O) groups is 1. The van der Waals surface area contributed by atoms with Crippen molar-refractivity contribution in [3.63, 3.8) is 0 Å². The molecule has 1 saturated heterocycles. The number of ether oxygens (including phenoxy) is 2. The molecule has 128 valence electrons. The highest BCUT2D eigenvalue weighted by Crippen LogP contribution is 2.32. The summed E-state index contributed by atoms with van der Waals surface area (Å²) in [5.74, 6) is -1.36. The van der Waals surface area contributed by atoms with Gasteiger partial charge < -0.3 is 24.7 Å². The minimum Gasteiger partial charge on any atom is -0.449 e. The van der Waals surface area contributed by atoms with Gasteiger partial charge in [-0.1, -0.05) is 6.92 Å². The van der Waals surface area contributed by atoms with E-state index >= 15 is 0 Å². The van der Waals surface area contributed by atoms with Gasteiger partial charge in [0.2, 0.25) is 0 Å². The Morgan fingerprint density at radius 1 is 1.48 bits per heavy atom. The molecule has 2 rings (SSSR count). The van der Waals surface area contributed by atoms with E-state index in [2.05, 4.69) is 10.3 Å². The zero-order chi connectivity index (χ0) is 17.1. The second kappa shape index (κ2) is 7.07. The Morgan fingerprint density at radius 3 is 2.74 bits per heavy atom. The van der Waals surface area contributed by atoms with E-state index < -0.39 is 47.7 Å². The van der Waals surface area contributed by atoms with Gasteiger partial charge in [0.1, 0.15) is 18.3 Å². The largest absolute Gasteiger partial charge is 0.449 e. The van der Waals surface area contributed by atoms with Gasteiger partial charge in [0.15, 0.2) is 11.6 Å². The van der Waals surface area contributed by atoms with E-state index in [4.69, 9.17) is 9.47 Å². The highest BCUT2D eigenvalue weighted by molar-refractivity contribution is 5.83. The van der Waals surface area contributed by atoms with Crippen LogP contribution in [0.25, 0.3) is 0 Å². The van der Waals surface area contributed by atoms with Crippen molar-refractivity contribution >= 4 is 11.9 Å². The molecule has 1 aromatic heterocycles. The molecule has 4 N–H and O–H groups in total. The van der Waals surface area contributed by atoms with Crippen LogP contribution in [0, 0.1) is 5.82 Å². The summed E-state index contributed by atoms with van der Waals surface area (Å²) in [5, 5.41) is 21.6. The number of pyridine rings is 1. The first-order valence-corrected chi connectivity index (χ1v) is 7.23. The van der Waals surface area contributed by atoms with Crippen LogP contribution in [0.2, 0.25) is 0 Å². The number of carbonyl (C=O) groups excluding carboxylic acids is 1. The maximum atomic E-state index is 14.0. The van der Waals surface area contributed by atoms with Crippen molar-refractivity contribution < 1.29 is 28.9 Å². The number of H-pyrrole nitrogens is 1. The van der Waals surface area contributed by atoms with E-state index in [0.717, 1.165) is 6.07 Å². The van der Waals surface area contributed by atoms with Gasteiger partial charge in [0, 0.05) is 0 Å². The van der Waals surface area contributed by atoms with Crippen molar-refractivity contribution in [2.75, 3.05) is 11.9 Å². The molecule has 0 aromatic carbocycles. The van der Waals surface area contributed by atoms with Crippen LogP contribution < -0.4 is 10.9 Å². The van der Waals surface area contributed by atoms with Crippen molar-refractivity contribution in [2.45, 2.75) is 44.7 Å². The lowest BCUT2D eigenvalue weighted by Gasteiger charge is -2.15. The van der Waals surface area contributed by atoms with Crippen molar-refractivity contribution in [1.82, 2.24) is 4.98 Å². The third-order valence-electron chi connectivity index (χ3n) is 3.49. The maximum Gasteiger partial charge on any atom is 0.412 e. The third-order valence-corrected chi connectivity index (χ3v) is 3.49. The second-order valence-corrected chi connectivity index (χ2v) is 5.28. The summed E-state index contributed by atoms with van der Waals surface area (Å²) in [6.45, 7) is 3.48. The van der Waals surface area contributed by atoms with Gasteiger partial charge in [-0.2, -0.15) is 0 Å². The van der Waals surface area contributed by atoms with Crippen LogP contribution in [-0.4, -0.2) is 46.2 Å². The number of anilines is 1. The Kier molecular flexibility index (Phi) is 5.34. The van der Waals surface area contributed by atoms with Crippen LogP contribution in [-0.2, 0) is 9.47 Å². The quantitative estimate of drug-likeness (QED) is 0.643. The fourth-order valence-electron chi connectivity index (χ4n) is 2.26. The number of rotatable bonds is 4. The maximum absolute atomic E-state index is 14.0. The SMILES string of the molecule is CCCOC(=O)Nc1[nH]c(=O)c([C@@H]2O[C@H](C)[C@@H](O)[C@H]2O)cc1F. The molecule has 4 atom stereocenters. The van der Waals surface area contributed by atoms with Crippen LogP contribution in [0.1, 0.15) is 31.9 Å². The molecular weight excluding hydrogens is 311 g/mol. The third kappa shape index (κ3) is 3.69. The lowest BCUT2D eigenvalue weighted by molar-refractivity contribution is 0.0141. The Hall–Kier alpha value is -1.97. The standard InChI is InChI=1S/C14H19FN2O6/c1-3-4-22-14(21)17-12-8(15)5-7(13(20)16-12)11-10(19)9(18)6(2)23-11/h5-6,9-11,18-19H,3-4H2,1-2H3,(H2,16,17,20,21)/t6-,9-,10-,11+/m1/s1. The fourth-order valence-corrected chi connectivity index (χ4v) is 2.26. The van der Waals surface area contributed by atoms with Gasteiger partial charge in [-0.15, -0.1) is 0 Å². The molecule has 2 heterocycles.